The van der Waals surface area contributed by atoms with E-state index in [9.17, 15) is 0 Å². The van der Waals surface area contributed by atoms with Crippen LogP contribution in [-0.4, -0.2) is 14.3 Å². The topological polar surface area (TPSA) is 12.0 Å². The normalized spacial score (nSPS) is 18.3. The van der Waals surface area contributed by atoms with Crippen LogP contribution in [0.1, 0.15) is 57.1 Å². The first-order valence-electron chi connectivity index (χ1n) is 10.7. The van der Waals surface area contributed by atoms with E-state index in [0.717, 1.165) is 6.04 Å². The van der Waals surface area contributed by atoms with Crippen LogP contribution in [0.15, 0.2) is 48.6 Å². The van der Waals surface area contributed by atoms with Crippen LogP contribution >= 0.6 is 0 Å². The molecule has 1 aromatic rings. The summed E-state index contributed by atoms with van der Waals surface area (Å²) in [5.41, 5.74) is 4.34. The van der Waals surface area contributed by atoms with Crippen molar-refractivity contribution in [1.82, 2.24) is 4.98 Å². The van der Waals surface area contributed by atoms with Crippen LogP contribution in [0.4, 0.5) is 0 Å². The molecule has 1 nitrogen and oxygen atoms in total. The summed E-state index contributed by atoms with van der Waals surface area (Å²) in [7, 11) is -1.64. The third kappa shape index (κ3) is 4.56. The summed E-state index contributed by atoms with van der Waals surface area (Å²) in [5, 5.41) is 4.43. The van der Waals surface area contributed by atoms with E-state index in [1.165, 1.54) is 59.2 Å². The first kappa shape index (κ1) is 20.8. The van der Waals surface area contributed by atoms with Gasteiger partial charge in [0.25, 0.3) is 0 Å². The highest BCUT2D eigenvalue weighted by atomic mass is 28.3. The van der Waals surface area contributed by atoms with Crippen LogP contribution in [0.25, 0.3) is 23.4 Å². The zero-order valence-electron chi connectivity index (χ0n) is 18.0. The zero-order valence-corrected chi connectivity index (χ0v) is 19.0. The van der Waals surface area contributed by atoms with Gasteiger partial charge < -0.3 is 4.98 Å². The quantitative estimate of drug-likeness (QED) is 0.531. The minimum Gasteiger partial charge on any atom is -0.331 e. The Kier molecular flexibility index (Phi) is 6.74. The van der Waals surface area contributed by atoms with Crippen molar-refractivity contribution in [1.29, 1.82) is 0 Å². The number of benzene rings is 1. The fourth-order valence-corrected chi connectivity index (χ4v) is 8.25. The van der Waals surface area contributed by atoms with Crippen molar-refractivity contribution in [2.24, 2.45) is 0 Å². The fourth-order valence-electron chi connectivity index (χ4n) is 4.84. The van der Waals surface area contributed by atoms with Crippen molar-refractivity contribution in [3.8, 4) is 0 Å². The Morgan fingerprint density at radius 2 is 1.86 bits per heavy atom. The molecule has 2 heteroatoms. The largest absolute Gasteiger partial charge is 0.331 e. The third-order valence-corrected chi connectivity index (χ3v) is 9.01. The van der Waals surface area contributed by atoms with Gasteiger partial charge in [0.2, 0.25) is 0 Å². The van der Waals surface area contributed by atoms with Crippen LogP contribution in [-0.2, 0) is 0 Å². The molecule has 0 amide bonds. The molecular weight excluding hydrogens is 354 g/mol. The molecule has 4 rings (SSSR count). The minimum absolute atomic E-state index is 0.734. The van der Waals surface area contributed by atoms with E-state index >= 15 is 0 Å². The standard InChI is InChI=1S/C21H27NSi.C5H8/c1-15-12-18-13-16-8-7-9-17(16)14-20(18)21(15)23(2,3)22-19-10-5-4-6-11-19;1-3-5-4-2/h7-9,12-14,19,22H,4-6,10-11H2,1-3H3;3-5H,1H2,2H3/b;5-4+. The average Bonchev–Trinajstić information content (AvgIpc) is 3.23. The van der Waals surface area contributed by atoms with Gasteiger partial charge in [0.15, 0.2) is 8.24 Å². The summed E-state index contributed by atoms with van der Waals surface area (Å²) < 4.78 is 0. The minimum atomic E-state index is -1.64. The van der Waals surface area contributed by atoms with Gasteiger partial charge in [-0.1, -0.05) is 81.5 Å². The van der Waals surface area contributed by atoms with Gasteiger partial charge in [0.1, 0.15) is 0 Å². The second kappa shape index (κ2) is 9.06. The molecule has 1 aromatic carbocycles. The molecule has 1 saturated carbocycles. The lowest BCUT2D eigenvalue weighted by Crippen LogP contribution is -2.52. The molecule has 1 N–H and O–H groups in total. The summed E-state index contributed by atoms with van der Waals surface area (Å²) in [6.45, 7) is 12.7. The van der Waals surface area contributed by atoms with E-state index in [2.05, 4.69) is 68.0 Å². The first-order valence-corrected chi connectivity index (χ1v) is 13.7. The fraction of sp³-hybridized carbons (Fsp3) is 0.385. The van der Waals surface area contributed by atoms with Crippen LogP contribution < -0.4 is 15.4 Å². The second-order valence-electron chi connectivity index (χ2n) is 8.66. The number of allylic oxidation sites excluding steroid dienone is 5. The van der Waals surface area contributed by atoms with E-state index in [1.54, 1.807) is 11.3 Å². The van der Waals surface area contributed by atoms with Gasteiger partial charge in [0, 0.05) is 6.04 Å². The SMILES string of the molecule is C=C/C=C/C.CC1=C([Si](C)(C)NC2CCCCC2)c2cc3c(cc2=C1)C=CC=3. The Balaban J connectivity index is 0.000000403. The first-order chi connectivity index (χ1) is 13.5. The van der Waals surface area contributed by atoms with Crippen LogP contribution in [0.2, 0.25) is 13.1 Å². The molecule has 28 heavy (non-hydrogen) atoms. The molecular formula is C26H35NSi. The molecule has 0 radical (unpaired) electrons. The third-order valence-electron chi connectivity index (χ3n) is 5.97. The van der Waals surface area contributed by atoms with Crippen molar-refractivity contribution in [2.45, 2.75) is 65.1 Å². The van der Waals surface area contributed by atoms with Gasteiger partial charge in [-0.3, -0.25) is 0 Å². The molecule has 0 spiro atoms. The number of rotatable bonds is 4. The van der Waals surface area contributed by atoms with E-state index in [1.807, 2.05) is 19.1 Å². The summed E-state index contributed by atoms with van der Waals surface area (Å²) >= 11 is 0. The second-order valence-corrected chi connectivity index (χ2v) is 12.7. The lowest BCUT2D eigenvalue weighted by molar-refractivity contribution is 0.415. The van der Waals surface area contributed by atoms with E-state index in [-0.39, 0.29) is 0 Å². The molecule has 0 unspecified atom stereocenters. The van der Waals surface area contributed by atoms with Crippen molar-refractivity contribution >= 4 is 31.7 Å². The summed E-state index contributed by atoms with van der Waals surface area (Å²) in [6, 6.07) is 5.52. The Morgan fingerprint density at radius 1 is 1.11 bits per heavy atom. The van der Waals surface area contributed by atoms with Gasteiger partial charge in [-0.15, -0.1) is 0 Å². The van der Waals surface area contributed by atoms with Crippen molar-refractivity contribution in [3.63, 3.8) is 0 Å². The lowest BCUT2D eigenvalue weighted by Gasteiger charge is -2.34. The Morgan fingerprint density at radius 3 is 2.50 bits per heavy atom. The number of nitrogens with one attached hydrogen (secondary N) is 1. The van der Waals surface area contributed by atoms with E-state index in [0.29, 0.717) is 0 Å². The summed E-state index contributed by atoms with van der Waals surface area (Å²) in [6.07, 6.45) is 21.5. The summed E-state index contributed by atoms with van der Waals surface area (Å²) in [5.74, 6) is 0. The monoisotopic (exact) mass is 389 g/mol. The maximum absolute atomic E-state index is 4.11. The molecule has 148 valence electrons. The molecule has 0 aliphatic heterocycles. The van der Waals surface area contributed by atoms with E-state index < -0.39 is 8.24 Å². The molecule has 3 aliphatic rings. The lowest BCUT2D eigenvalue weighted by atomic mass is 9.96. The Hall–Kier alpha value is -1.90. The average molecular weight is 390 g/mol. The van der Waals surface area contributed by atoms with Gasteiger partial charge in [-0.2, -0.15) is 0 Å². The van der Waals surface area contributed by atoms with Crippen LogP contribution in [0, 0.1) is 0 Å². The van der Waals surface area contributed by atoms with E-state index in [4.69, 9.17) is 0 Å². The Bertz CT molecular complexity index is 937. The zero-order chi connectivity index (χ0) is 20.1. The van der Waals surface area contributed by atoms with Gasteiger partial charge in [-0.25, -0.2) is 0 Å². The van der Waals surface area contributed by atoms with Crippen LogP contribution in [0.5, 0.6) is 0 Å². The highest BCUT2D eigenvalue weighted by molar-refractivity contribution is 6.93. The maximum atomic E-state index is 4.11. The van der Waals surface area contributed by atoms with Crippen molar-refractivity contribution < 1.29 is 0 Å². The van der Waals surface area contributed by atoms with Gasteiger partial charge in [0.05, 0.1) is 0 Å². The molecule has 0 heterocycles. The highest BCUT2D eigenvalue weighted by Crippen LogP contribution is 2.31. The smallest absolute Gasteiger partial charge is 0.152 e. The summed E-state index contributed by atoms with van der Waals surface area (Å²) in [4.78, 5) is 4.11. The number of fused-ring (bicyclic) bond motifs is 2. The molecule has 0 saturated heterocycles. The predicted octanol–water partition coefficient (Wildman–Crippen LogP) is 5.48. The highest BCUT2D eigenvalue weighted by Gasteiger charge is 2.34. The van der Waals surface area contributed by atoms with Crippen LogP contribution in [0.3, 0.4) is 0 Å². The molecule has 1 fully saturated rings. The molecule has 0 bridgehead atoms. The maximum Gasteiger partial charge on any atom is 0.152 e. The molecule has 3 aliphatic carbocycles. The van der Waals surface area contributed by atoms with Gasteiger partial charge >= 0.3 is 0 Å². The van der Waals surface area contributed by atoms with Gasteiger partial charge in [-0.05, 0) is 71.2 Å². The Labute approximate surface area is 172 Å². The number of hydrogen-bond donors (Lipinski definition) is 1. The predicted molar refractivity (Wildman–Crippen MR) is 129 cm³/mol. The number of hydrogen-bond acceptors (Lipinski definition) is 1. The molecule has 0 atom stereocenters. The van der Waals surface area contributed by atoms with Crippen molar-refractivity contribution in [3.05, 3.63) is 70.2 Å². The van der Waals surface area contributed by atoms with Crippen molar-refractivity contribution in [2.75, 3.05) is 0 Å². The molecule has 0 aromatic heterocycles.